The summed E-state index contributed by atoms with van der Waals surface area (Å²) in [5.74, 6) is -1.88. The van der Waals surface area contributed by atoms with Crippen molar-refractivity contribution in [2.24, 2.45) is 0 Å². The minimum atomic E-state index is -1.34. The van der Waals surface area contributed by atoms with Gasteiger partial charge in [-0.2, -0.15) is 11.8 Å². The van der Waals surface area contributed by atoms with Gasteiger partial charge in [0.1, 0.15) is 4.32 Å². The summed E-state index contributed by atoms with van der Waals surface area (Å²) in [6.45, 7) is 0. The summed E-state index contributed by atoms with van der Waals surface area (Å²) >= 11 is 7.61. The smallest absolute Gasteiger partial charge is 0.266 e. The molecule has 1 aliphatic rings. The molecule has 0 spiro atoms. The van der Waals surface area contributed by atoms with Crippen molar-refractivity contribution < 1.29 is 24.9 Å². The predicted molar refractivity (Wildman–Crippen MR) is 96.6 cm³/mol. The van der Waals surface area contributed by atoms with E-state index in [-0.39, 0.29) is 27.1 Å². The number of phenols is 2. The van der Waals surface area contributed by atoms with Gasteiger partial charge < -0.3 is 20.1 Å². The van der Waals surface area contributed by atoms with Crippen LogP contribution in [-0.4, -0.2) is 49.4 Å². The van der Waals surface area contributed by atoms with Crippen LogP contribution in [0.2, 0.25) is 0 Å². The number of thioether (sulfide) groups is 2. The zero-order valence-electron chi connectivity index (χ0n) is 12.6. The summed E-state index contributed by atoms with van der Waals surface area (Å²) in [5, 5.41) is 30.2. The number of hydrogen-bond donors (Lipinski definition) is 2. The average molecular weight is 384 g/mol. The molecule has 1 atom stereocenters. The topological polar surface area (TPSA) is 101 Å². The van der Waals surface area contributed by atoms with Gasteiger partial charge in [-0.25, -0.2) is 0 Å². The lowest BCUT2D eigenvalue weighted by molar-refractivity contribution is -0.310. The van der Waals surface area contributed by atoms with Crippen LogP contribution in [0.15, 0.2) is 23.1 Å². The van der Waals surface area contributed by atoms with E-state index in [4.69, 9.17) is 12.2 Å². The van der Waals surface area contributed by atoms with Crippen molar-refractivity contribution in [3.05, 3.63) is 28.7 Å². The summed E-state index contributed by atoms with van der Waals surface area (Å²) < 4.78 is 0.157. The number of hydrogen-bond acceptors (Lipinski definition) is 8. The van der Waals surface area contributed by atoms with Gasteiger partial charge in [-0.05, 0) is 42.2 Å². The maximum atomic E-state index is 12.5. The molecule has 0 saturated carbocycles. The number of carbonyl (C=O) groups is 2. The van der Waals surface area contributed by atoms with E-state index in [9.17, 15) is 24.9 Å². The van der Waals surface area contributed by atoms with Crippen LogP contribution in [0.5, 0.6) is 11.5 Å². The molecule has 24 heavy (non-hydrogen) atoms. The van der Waals surface area contributed by atoms with Crippen molar-refractivity contribution in [3.8, 4) is 11.5 Å². The number of benzene rings is 1. The van der Waals surface area contributed by atoms with Crippen molar-refractivity contribution in [2.45, 2.75) is 12.5 Å². The Kier molecular flexibility index (Phi) is 6.14. The number of thiocarbonyl (C=S) groups is 1. The van der Waals surface area contributed by atoms with Crippen LogP contribution in [0.3, 0.4) is 0 Å². The monoisotopic (exact) mass is 384 g/mol. The molecule has 1 saturated heterocycles. The summed E-state index contributed by atoms with van der Waals surface area (Å²) in [6.07, 6.45) is 3.57. The van der Waals surface area contributed by atoms with Crippen LogP contribution < -0.4 is 5.11 Å². The van der Waals surface area contributed by atoms with E-state index in [1.807, 2.05) is 6.26 Å². The number of aliphatic carboxylic acids is 1. The molecule has 0 aromatic heterocycles. The van der Waals surface area contributed by atoms with E-state index in [1.54, 1.807) is 0 Å². The predicted octanol–water partition coefficient (Wildman–Crippen LogP) is 1.17. The first kappa shape index (κ1) is 18.6. The quantitative estimate of drug-likeness (QED) is 0.428. The highest BCUT2D eigenvalue weighted by Crippen LogP contribution is 2.35. The second-order valence-corrected chi connectivity index (χ2v) is 7.58. The zero-order chi connectivity index (χ0) is 17.9. The number of rotatable bonds is 6. The molecule has 1 amide bonds. The van der Waals surface area contributed by atoms with E-state index in [0.717, 1.165) is 16.7 Å². The summed E-state index contributed by atoms with van der Waals surface area (Å²) in [4.78, 5) is 25.2. The van der Waals surface area contributed by atoms with Gasteiger partial charge in [-0.15, -0.1) is 0 Å². The lowest BCUT2D eigenvalue weighted by atomic mass is 10.1. The third kappa shape index (κ3) is 4.03. The fourth-order valence-corrected chi connectivity index (χ4v) is 3.93. The molecule has 0 unspecified atom stereocenters. The highest BCUT2D eigenvalue weighted by molar-refractivity contribution is 8.26. The number of aromatic hydroxyl groups is 2. The summed E-state index contributed by atoms with van der Waals surface area (Å²) in [5.41, 5.74) is 0.486. The Morgan fingerprint density at radius 2 is 2.17 bits per heavy atom. The van der Waals surface area contributed by atoms with Crippen LogP contribution in [0.1, 0.15) is 12.0 Å². The largest absolute Gasteiger partial charge is 0.548 e. The minimum Gasteiger partial charge on any atom is -0.548 e. The lowest BCUT2D eigenvalue weighted by Crippen LogP contribution is -2.50. The Bertz CT molecular complexity index is 719. The maximum absolute atomic E-state index is 12.5. The Balaban J connectivity index is 2.28. The molecular weight excluding hydrogens is 370 g/mol. The van der Waals surface area contributed by atoms with E-state index >= 15 is 0 Å². The van der Waals surface area contributed by atoms with Gasteiger partial charge in [-0.1, -0.05) is 30.0 Å². The summed E-state index contributed by atoms with van der Waals surface area (Å²) in [7, 11) is 0. The van der Waals surface area contributed by atoms with Gasteiger partial charge in [0, 0.05) is 0 Å². The number of carboxylic acid groups (broad SMARTS) is 1. The molecule has 9 heteroatoms. The third-order valence-electron chi connectivity index (χ3n) is 3.30. The highest BCUT2D eigenvalue weighted by atomic mass is 32.2. The van der Waals surface area contributed by atoms with Gasteiger partial charge in [0.2, 0.25) is 0 Å². The average Bonchev–Trinajstić information content (AvgIpc) is 2.78. The molecule has 0 radical (unpaired) electrons. The molecule has 1 heterocycles. The fraction of sp³-hybridized carbons (Fsp3) is 0.267. The van der Waals surface area contributed by atoms with E-state index < -0.39 is 17.9 Å². The summed E-state index contributed by atoms with van der Waals surface area (Å²) in [6, 6.07) is 3.01. The van der Waals surface area contributed by atoms with Crippen molar-refractivity contribution in [2.75, 3.05) is 12.0 Å². The Morgan fingerprint density at radius 1 is 1.46 bits per heavy atom. The number of carboxylic acids is 1. The molecule has 1 fully saturated rings. The maximum Gasteiger partial charge on any atom is 0.266 e. The van der Waals surface area contributed by atoms with Crippen LogP contribution in [0.25, 0.3) is 6.08 Å². The Labute approximate surface area is 152 Å². The van der Waals surface area contributed by atoms with E-state index in [1.165, 1.54) is 36.0 Å². The van der Waals surface area contributed by atoms with Gasteiger partial charge in [0.25, 0.3) is 5.91 Å². The van der Waals surface area contributed by atoms with Crippen molar-refractivity contribution >= 4 is 58.0 Å². The molecule has 2 rings (SSSR count). The fourth-order valence-electron chi connectivity index (χ4n) is 2.11. The van der Waals surface area contributed by atoms with Crippen LogP contribution in [0.4, 0.5) is 0 Å². The first-order valence-electron chi connectivity index (χ1n) is 6.84. The number of nitrogens with zero attached hydrogens (tertiary/aromatic N) is 1. The Hall–Kier alpha value is -1.71. The van der Waals surface area contributed by atoms with Gasteiger partial charge >= 0.3 is 0 Å². The van der Waals surface area contributed by atoms with Crippen LogP contribution in [0, 0.1) is 0 Å². The van der Waals surface area contributed by atoms with Gasteiger partial charge in [0.05, 0.1) is 16.9 Å². The van der Waals surface area contributed by atoms with Gasteiger partial charge in [0.15, 0.2) is 11.5 Å². The molecule has 2 N–H and O–H groups in total. The van der Waals surface area contributed by atoms with Crippen molar-refractivity contribution in [1.82, 2.24) is 4.90 Å². The van der Waals surface area contributed by atoms with Crippen LogP contribution in [-0.2, 0) is 9.59 Å². The first-order chi connectivity index (χ1) is 11.3. The van der Waals surface area contributed by atoms with Gasteiger partial charge in [-0.3, -0.25) is 9.69 Å². The molecule has 0 aliphatic carbocycles. The van der Waals surface area contributed by atoms with Crippen molar-refractivity contribution in [3.63, 3.8) is 0 Å². The number of carbonyl (C=O) groups excluding carboxylic acids is 2. The standard InChI is InChI=1S/C15H15NO5S3/c1-23-5-4-9(14(20)21)16-13(19)12(24-15(16)22)7-8-2-3-10(17)11(18)6-8/h2-3,6-7,9,17-18H,4-5H2,1H3,(H,20,21)/p-1/b12-7+/t9-/m1/s1. The second kappa shape index (κ2) is 7.91. The molecule has 128 valence electrons. The third-order valence-corrected chi connectivity index (χ3v) is 5.27. The molecule has 1 aromatic carbocycles. The minimum absolute atomic E-state index is 0.157. The highest BCUT2D eigenvalue weighted by Gasteiger charge is 2.37. The normalized spacial score (nSPS) is 17.5. The zero-order valence-corrected chi connectivity index (χ0v) is 15.0. The molecular formula is C15H14NO5S3-. The molecule has 6 nitrogen and oxygen atoms in total. The second-order valence-electron chi connectivity index (χ2n) is 4.92. The molecule has 1 aromatic rings. The molecule has 1 aliphatic heterocycles. The molecule has 0 bridgehead atoms. The first-order valence-corrected chi connectivity index (χ1v) is 9.46. The lowest BCUT2D eigenvalue weighted by Gasteiger charge is -2.27. The van der Waals surface area contributed by atoms with E-state index in [2.05, 4.69) is 0 Å². The van der Waals surface area contributed by atoms with E-state index in [0.29, 0.717) is 11.3 Å². The van der Waals surface area contributed by atoms with Crippen molar-refractivity contribution in [1.29, 1.82) is 0 Å². The Morgan fingerprint density at radius 3 is 2.75 bits per heavy atom. The number of phenolic OH excluding ortho intramolecular Hbond substituents is 2. The SMILES string of the molecule is CSCC[C@H](C(=O)[O-])N1C(=O)/C(=C\c2ccc(O)c(O)c2)SC1=S. The number of amides is 1. The van der Waals surface area contributed by atoms with Crippen LogP contribution >= 0.6 is 35.7 Å².